The second kappa shape index (κ2) is 13.4. The van der Waals surface area contributed by atoms with Crippen LogP contribution in [0.15, 0.2) is 24.5 Å². The highest BCUT2D eigenvalue weighted by molar-refractivity contribution is 5.91. The van der Waals surface area contributed by atoms with Gasteiger partial charge in [0.1, 0.15) is 11.4 Å². The van der Waals surface area contributed by atoms with Crippen LogP contribution < -0.4 is 29.9 Å². The van der Waals surface area contributed by atoms with E-state index in [2.05, 4.69) is 30.4 Å². The number of hydrogen-bond donors (Lipinski definition) is 2. The molecule has 0 unspecified atom stereocenters. The molecular formula is C24H34N6O6. The Morgan fingerprint density at radius 3 is 1.36 bits per heavy atom. The fraction of sp³-hybridized carbons (Fsp3) is 0.500. The number of carbonyl (C=O) groups excluding carboxylic acids is 2. The predicted octanol–water partition coefficient (Wildman–Crippen LogP) is 0.573. The van der Waals surface area contributed by atoms with E-state index in [4.69, 9.17) is 18.9 Å². The van der Waals surface area contributed by atoms with Crippen LogP contribution >= 0.6 is 0 Å². The molecule has 196 valence electrons. The van der Waals surface area contributed by atoms with Crippen molar-refractivity contribution >= 4 is 23.3 Å². The quantitative estimate of drug-likeness (QED) is 0.536. The molecule has 2 aliphatic rings. The van der Waals surface area contributed by atoms with Crippen LogP contribution in [-0.4, -0.2) is 103 Å². The summed E-state index contributed by atoms with van der Waals surface area (Å²) in [7, 11) is 5.87. The third-order valence-corrected chi connectivity index (χ3v) is 5.81. The summed E-state index contributed by atoms with van der Waals surface area (Å²) in [6, 6.07) is 3.53. The fourth-order valence-corrected chi connectivity index (χ4v) is 3.92. The van der Waals surface area contributed by atoms with Crippen molar-refractivity contribution in [2.75, 3.05) is 90.6 Å². The number of methoxy groups -OCH3 is 4. The molecule has 0 aliphatic carbocycles. The number of esters is 2. The van der Waals surface area contributed by atoms with Crippen molar-refractivity contribution < 1.29 is 28.5 Å². The first kappa shape index (κ1) is 27.0. The molecule has 12 heteroatoms. The van der Waals surface area contributed by atoms with Crippen molar-refractivity contribution in [1.82, 2.24) is 20.6 Å². The van der Waals surface area contributed by atoms with Gasteiger partial charge in [-0.15, -0.1) is 0 Å². The van der Waals surface area contributed by atoms with Gasteiger partial charge in [-0.2, -0.15) is 0 Å². The van der Waals surface area contributed by atoms with Crippen LogP contribution in [0.4, 0.5) is 11.4 Å². The van der Waals surface area contributed by atoms with Gasteiger partial charge in [0.2, 0.25) is 11.8 Å². The lowest BCUT2D eigenvalue weighted by molar-refractivity contribution is 0.0591. The predicted molar refractivity (Wildman–Crippen MR) is 134 cm³/mol. The average molecular weight is 503 g/mol. The first-order valence-corrected chi connectivity index (χ1v) is 11.7. The van der Waals surface area contributed by atoms with E-state index in [-0.39, 0.29) is 11.9 Å². The summed E-state index contributed by atoms with van der Waals surface area (Å²) in [5, 5.41) is 6.55. The Morgan fingerprint density at radius 1 is 0.694 bits per heavy atom. The average Bonchev–Trinajstić information content (AvgIpc) is 2.96. The van der Waals surface area contributed by atoms with Crippen LogP contribution in [0.3, 0.4) is 0 Å². The number of nitrogens with zero attached hydrogens (tertiary/aromatic N) is 4. The van der Waals surface area contributed by atoms with Gasteiger partial charge < -0.3 is 39.4 Å². The third-order valence-electron chi connectivity index (χ3n) is 5.81. The standard InChI is InChI=1S/2C12H17N3O3/c2*1-17-11-10(15-5-3-13-4-6-15)7-9(8-14-11)12(16)18-2/h2*7-8,13H,3-6H2,1-2H3. The zero-order valence-electron chi connectivity index (χ0n) is 21.2. The van der Waals surface area contributed by atoms with E-state index in [0.29, 0.717) is 22.9 Å². The summed E-state index contributed by atoms with van der Waals surface area (Å²) in [5.41, 5.74) is 2.54. The maximum atomic E-state index is 11.5. The topological polar surface area (TPSA) is 127 Å². The van der Waals surface area contributed by atoms with E-state index in [1.165, 1.54) is 26.6 Å². The Kier molecular flexibility index (Phi) is 10.1. The summed E-state index contributed by atoms with van der Waals surface area (Å²) in [6.07, 6.45) is 2.94. The third kappa shape index (κ3) is 6.73. The van der Waals surface area contributed by atoms with Crippen LogP contribution in [0.1, 0.15) is 20.7 Å². The minimum Gasteiger partial charge on any atom is -0.480 e. The number of carbonyl (C=O) groups is 2. The zero-order valence-corrected chi connectivity index (χ0v) is 21.2. The zero-order chi connectivity index (χ0) is 25.9. The molecule has 2 aromatic heterocycles. The van der Waals surface area contributed by atoms with Gasteiger partial charge in [-0.3, -0.25) is 0 Å². The number of pyridine rings is 2. The molecule has 0 aromatic carbocycles. The van der Waals surface area contributed by atoms with Crippen molar-refractivity contribution in [3.05, 3.63) is 35.7 Å². The first-order valence-electron chi connectivity index (χ1n) is 11.7. The van der Waals surface area contributed by atoms with Gasteiger partial charge in [-0.25, -0.2) is 19.6 Å². The Bertz CT molecular complexity index is 943. The SMILES string of the molecule is COC(=O)c1cnc(OC)c(N2CCNCC2)c1.COC(=O)c1cnc(OC)c(N2CCNCC2)c1. The van der Waals surface area contributed by atoms with E-state index in [0.717, 1.165) is 63.7 Å². The molecule has 0 saturated carbocycles. The highest BCUT2D eigenvalue weighted by atomic mass is 16.5. The van der Waals surface area contributed by atoms with Crippen molar-refractivity contribution in [3.8, 4) is 11.8 Å². The number of hydrogen-bond acceptors (Lipinski definition) is 12. The monoisotopic (exact) mass is 502 g/mol. The minimum absolute atomic E-state index is 0.387. The van der Waals surface area contributed by atoms with E-state index >= 15 is 0 Å². The van der Waals surface area contributed by atoms with Gasteiger partial charge in [-0.05, 0) is 12.1 Å². The number of anilines is 2. The Balaban J connectivity index is 0.000000201. The molecular weight excluding hydrogens is 468 g/mol. The molecule has 0 radical (unpaired) electrons. The van der Waals surface area contributed by atoms with Crippen LogP contribution in [-0.2, 0) is 9.47 Å². The van der Waals surface area contributed by atoms with Crippen LogP contribution in [0.25, 0.3) is 0 Å². The Labute approximate surface area is 210 Å². The Hall–Kier alpha value is -3.64. The molecule has 36 heavy (non-hydrogen) atoms. The summed E-state index contributed by atoms with van der Waals surface area (Å²) in [5.74, 6) is 0.289. The summed E-state index contributed by atoms with van der Waals surface area (Å²) >= 11 is 0. The second-order valence-corrected chi connectivity index (χ2v) is 7.96. The highest BCUT2D eigenvalue weighted by Crippen LogP contribution is 2.28. The molecule has 0 amide bonds. The lowest BCUT2D eigenvalue weighted by atomic mass is 10.2. The fourth-order valence-electron chi connectivity index (χ4n) is 3.92. The maximum Gasteiger partial charge on any atom is 0.339 e. The first-order chi connectivity index (χ1) is 17.5. The van der Waals surface area contributed by atoms with E-state index in [9.17, 15) is 9.59 Å². The van der Waals surface area contributed by atoms with Gasteiger partial charge in [0.25, 0.3) is 0 Å². The van der Waals surface area contributed by atoms with Gasteiger partial charge in [-0.1, -0.05) is 0 Å². The van der Waals surface area contributed by atoms with Crippen molar-refractivity contribution in [2.45, 2.75) is 0 Å². The molecule has 4 heterocycles. The smallest absolute Gasteiger partial charge is 0.339 e. The number of piperazine rings is 2. The number of aromatic nitrogens is 2. The van der Waals surface area contributed by atoms with Crippen LogP contribution in [0.2, 0.25) is 0 Å². The van der Waals surface area contributed by atoms with Crippen LogP contribution in [0.5, 0.6) is 11.8 Å². The largest absolute Gasteiger partial charge is 0.480 e. The molecule has 2 aromatic rings. The van der Waals surface area contributed by atoms with E-state index < -0.39 is 0 Å². The molecule has 2 saturated heterocycles. The van der Waals surface area contributed by atoms with Gasteiger partial charge >= 0.3 is 11.9 Å². The molecule has 2 N–H and O–H groups in total. The van der Waals surface area contributed by atoms with E-state index in [1.807, 2.05) is 0 Å². The van der Waals surface area contributed by atoms with Crippen molar-refractivity contribution in [2.24, 2.45) is 0 Å². The molecule has 12 nitrogen and oxygen atoms in total. The second-order valence-electron chi connectivity index (χ2n) is 7.96. The highest BCUT2D eigenvalue weighted by Gasteiger charge is 2.20. The summed E-state index contributed by atoms with van der Waals surface area (Å²) in [6.45, 7) is 7.09. The minimum atomic E-state index is -0.387. The molecule has 4 rings (SSSR count). The van der Waals surface area contributed by atoms with Crippen molar-refractivity contribution in [3.63, 3.8) is 0 Å². The lowest BCUT2D eigenvalue weighted by Crippen LogP contribution is -2.43. The molecule has 2 fully saturated rings. The Morgan fingerprint density at radius 2 is 1.06 bits per heavy atom. The van der Waals surface area contributed by atoms with E-state index in [1.54, 1.807) is 26.4 Å². The summed E-state index contributed by atoms with van der Waals surface area (Å²) < 4.78 is 19.9. The van der Waals surface area contributed by atoms with Gasteiger partial charge in [0.15, 0.2) is 0 Å². The number of rotatable bonds is 6. The normalized spacial score (nSPS) is 15.3. The van der Waals surface area contributed by atoms with Gasteiger partial charge in [0, 0.05) is 64.8 Å². The molecule has 2 aliphatic heterocycles. The summed E-state index contributed by atoms with van der Waals surface area (Å²) in [4.78, 5) is 35.6. The maximum absolute atomic E-state index is 11.5. The number of nitrogens with one attached hydrogen (secondary N) is 2. The molecule has 0 spiro atoms. The van der Waals surface area contributed by atoms with Crippen molar-refractivity contribution in [1.29, 1.82) is 0 Å². The molecule has 0 atom stereocenters. The lowest BCUT2D eigenvalue weighted by Gasteiger charge is -2.30. The number of ether oxygens (including phenoxy) is 4. The van der Waals surface area contributed by atoms with Gasteiger partial charge in [0.05, 0.1) is 39.6 Å². The molecule has 0 bridgehead atoms. The van der Waals surface area contributed by atoms with Crippen LogP contribution in [0, 0.1) is 0 Å².